The molecule has 0 saturated heterocycles. The molecule has 0 aliphatic rings. The Kier molecular flexibility index (Phi) is 5.07. The molecule has 5 heteroatoms. The molecule has 19 heavy (non-hydrogen) atoms. The molecular weight excluding hydrogens is 375 g/mol. The van der Waals surface area contributed by atoms with Crippen LogP contribution in [0.4, 0.5) is 4.39 Å². The maximum Gasteiger partial charge on any atom is 0.142 e. The van der Waals surface area contributed by atoms with Gasteiger partial charge in [-0.1, -0.05) is 12.1 Å². The lowest BCUT2D eigenvalue weighted by atomic mass is 9.99. The largest absolute Gasteiger partial charge is 0.313 e. The second kappa shape index (κ2) is 6.59. The molecule has 0 bridgehead atoms. The van der Waals surface area contributed by atoms with E-state index in [9.17, 15) is 4.39 Å². The van der Waals surface area contributed by atoms with Crippen LogP contribution in [-0.4, -0.2) is 12.0 Å². The van der Waals surface area contributed by atoms with Gasteiger partial charge < -0.3 is 5.32 Å². The third-order valence-electron chi connectivity index (χ3n) is 2.91. The van der Waals surface area contributed by atoms with Crippen LogP contribution in [0, 0.1) is 5.82 Å². The van der Waals surface area contributed by atoms with Crippen LogP contribution < -0.4 is 5.32 Å². The molecule has 0 aliphatic heterocycles. The number of hydrogen-bond acceptors (Lipinski definition) is 2. The van der Waals surface area contributed by atoms with Crippen molar-refractivity contribution in [3.8, 4) is 0 Å². The standard InChI is InChI=1S/C14H13Br2FN2/c1-18-13(6-9-5-10(15)8-19-7-9)11-3-2-4-12(16)14(11)17/h2-5,7-8,13,18H,6H2,1H3. The number of rotatable bonds is 4. The average Bonchev–Trinajstić information content (AvgIpc) is 2.40. The Hall–Kier alpha value is -0.780. The lowest BCUT2D eigenvalue weighted by Gasteiger charge is -2.18. The average molecular weight is 388 g/mol. The van der Waals surface area contributed by atoms with E-state index in [2.05, 4.69) is 42.2 Å². The summed E-state index contributed by atoms with van der Waals surface area (Å²) < 4.78 is 15.5. The normalized spacial score (nSPS) is 12.4. The maximum absolute atomic E-state index is 14.1. The van der Waals surface area contributed by atoms with Gasteiger partial charge in [0.05, 0.1) is 4.47 Å². The number of aromatic nitrogens is 1. The van der Waals surface area contributed by atoms with Crippen molar-refractivity contribution in [2.24, 2.45) is 0 Å². The minimum atomic E-state index is -0.218. The highest BCUT2D eigenvalue weighted by Crippen LogP contribution is 2.26. The zero-order valence-corrected chi connectivity index (χ0v) is 13.5. The molecule has 1 unspecified atom stereocenters. The summed E-state index contributed by atoms with van der Waals surface area (Å²) in [4.78, 5) is 4.13. The summed E-state index contributed by atoms with van der Waals surface area (Å²) in [6, 6.07) is 7.24. The molecule has 1 aromatic heterocycles. The smallest absolute Gasteiger partial charge is 0.142 e. The van der Waals surface area contributed by atoms with Crippen LogP contribution in [-0.2, 0) is 6.42 Å². The van der Waals surface area contributed by atoms with Gasteiger partial charge in [0.25, 0.3) is 0 Å². The van der Waals surface area contributed by atoms with E-state index in [0.717, 1.165) is 10.0 Å². The number of benzene rings is 1. The fraction of sp³-hybridized carbons (Fsp3) is 0.214. The Morgan fingerprint density at radius 1 is 1.32 bits per heavy atom. The van der Waals surface area contributed by atoms with Crippen LogP contribution >= 0.6 is 31.9 Å². The van der Waals surface area contributed by atoms with Gasteiger partial charge in [0.1, 0.15) is 5.82 Å². The quantitative estimate of drug-likeness (QED) is 0.848. The first-order valence-electron chi connectivity index (χ1n) is 5.82. The number of nitrogens with zero attached hydrogens (tertiary/aromatic N) is 1. The minimum Gasteiger partial charge on any atom is -0.313 e. The number of likely N-dealkylation sites (N-methyl/N-ethyl adjacent to an activating group) is 1. The second-order valence-corrected chi connectivity index (χ2v) is 5.97. The lowest BCUT2D eigenvalue weighted by Crippen LogP contribution is -2.20. The number of hydrogen-bond donors (Lipinski definition) is 1. The molecule has 100 valence electrons. The highest BCUT2D eigenvalue weighted by atomic mass is 79.9. The van der Waals surface area contributed by atoms with Gasteiger partial charge in [-0.25, -0.2) is 4.39 Å². The Morgan fingerprint density at radius 3 is 2.79 bits per heavy atom. The van der Waals surface area contributed by atoms with Gasteiger partial charge in [-0.3, -0.25) is 4.98 Å². The minimum absolute atomic E-state index is 0.0893. The van der Waals surface area contributed by atoms with Crippen molar-refractivity contribution < 1.29 is 4.39 Å². The molecule has 1 N–H and O–H groups in total. The van der Waals surface area contributed by atoms with E-state index in [1.54, 1.807) is 24.5 Å². The fourth-order valence-electron chi connectivity index (χ4n) is 1.96. The highest BCUT2D eigenvalue weighted by molar-refractivity contribution is 9.10. The van der Waals surface area contributed by atoms with Gasteiger partial charge >= 0.3 is 0 Å². The molecule has 2 rings (SSSR count). The topological polar surface area (TPSA) is 24.9 Å². The van der Waals surface area contributed by atoms with Gasteiger partial charge in [0, 0.05) is 28.5 Å². The summed E-state index contributed by atoms with van der Waals surface area (Å²) in [5.74, 6) is -0.218. The zero-order valence-electron chi connectivity index (χ0n) is 10.3. The number of nitrogens with one attached hydrogen (secondary N) is 1. The van der Waals surface area contributed by atoms with E-state index in [1.807, 2.05) is 19.2 Å². The van der Waals surface area contributed by atoms with Crippen molar-refractivity contribution in [3.05, 3.63) is 62.5 Å². The molecule has 0 spiro atoms. The highest BCUT2D eigenvalue weighted by Gasteiger charge is 2.16. The van der Waals surface area contributed by atoms with E-state index >= 15 is 0 Å². The molecule has 0 aliphatic carbocycles. The Morgan fingerprint density at radius 2 is 2.11 bits per heavy atom. The van der Waals surface area contributed by atoms with Crippen molar-refractivity contribution in [2.45, 2.75) is 12.5 Å². The summed E-state index contributed by atoms with van der Waals surface area (Å²) in [6.07, 6.45) is 4.21. The van der Waals surface area contributed by atoms with Crippen LogP contribution in [0.5, 0.6) is 0 Å². The summed E-state index contributed by atoms with van der Waals surface area (Å²) in [5.41, 5.74) is 1.70. The van der Waals surface area contributed by atoms with Crippen LogP contribution in [0.15, 0.2) is 45.6 Å². The molecular formula is C14H13Br2FN2. The fourth-order valence-corrected chi connectivity index (χ4v) is 2.75. The molecule has 2 nitrogen and oxygen atoms in total. The molecule has 1 aromatic carbocycles. The molecule has 0 fully saturated rings. The summed E-state index contributed by atoms with van der Waals surface area (Å²) in [7, 11) is 1.83. The molecule has 1 atom stereocenters. The third kappa shape index (κ3) is 3.61. The Balaban J connectivity index is 2.28. The van der Waals surface area contributed by atoms with Crippen molar-refractivity contribution in [2.75, 3.05) is 7.05 Å². The van der Waals surface area contributed by atoms with E-state index < -0.39 is 0 Å². The van der Waals surface area contributed by atoms with Crippen molar-refractivity contribution >= 4 is 31.9 Å². The van der Waals surface area contributed by atoms with E-state index in [0.29, 0.717) is 16.5 Å². The van der Waals surface area contributed by atoms with Gasteiger partial charge in [-0.05, 0) is 63.0 Å². The molecule has 1 heterocycles. The SMILES string of the molecule is CNC(Cc1cncc(Br)c1)c1cccc(Br)c1F. The Labute approximate surface area is 128 Å². The summed E-state index contributed by atoms with van der Waals surface area (Å²) in [5, 5.41) is 3.15. The third-order valence-corrected chi connectivity index (χ3v) is 3.95. The lowest BCUT2D eigenvalue weighted by molar-refractivity contribution is 0.530. The van der Waals surface area contributed by atoms with E-state index in [4.69, 9.17) is 0 Å². The first kappa shape index (κ1) is 14.6. The van der Waals surface area contributed by atoms with Crippen molar-refractivity contribution in [1.29, 1.82) is 0 Å². The maximum atomic E-state index is 14.1. The van der Waals surface area contributed by atoms with Crippen molar-refractivity contribution in [3.63, 3.8) is 0 Å². The van der Waals surface area contributed by atoms with E-state index in [1.165, 1.54) is 0 Å². The van der Waals surface area contributed by atoms with Crippen LogP contribution in [0.25, 0.3) is 0 Å². The molecule has 0 amide bonds. The Bertz CT molecular complexity index is 575. The molecule has 2 aromatic rings. The number of halogens is 3. The molecule has 0 radical (unpaired) electrons. The summed E-state index contributed by atoms with van der Waals surface area (Å²) >= 11 is 6.61. The van der Waals surface area contributed by atoms with Gasteiger partial charge in [-0.15, -0.1) is 0 Å². The monoisotopic (exact) mass is 386 g/mol. The van der Waals surface area contributed by atoms with Gasteiger partial charge in [0.15, 0.2) is 0 Å². The number of pyridine rings is 1. The van der Waals surface area contributed by atoms with Crippen LogP contribution in [0.2, 0.25) is 0 Å². The van der Waals surface area contributed by atoms with Crippen LogP contribution in [0.3, 0.4) is 0 Å². The predicted molar refractivity (Wildman–Crippen MR) is 81.5 cm³/mol. The first-order valence-corrected chi connectivity index (χ1v) is 7.41. The van der Waals surface area contributed by atoms with Crippen LogP contribution in [0.1, 0.15) is 17.2 Å². The first-order chi connectivity index (χ1) is 9.11. The second-order valence-electron chi connectivity index (χ2n) is 4.20. The molecule has 0 saturated carbocycles. The zero-order chi connectivity index (χ0) is 13.8. The van der Waals surface area contributed by atoms with Gasteiger partial charge in [0.2, 0.25) is 0 Å². The predicted octanol–water partition coefficient (Wildman–Crippen LogP) is 4.25. The van der Waals surface area contributed by atoms with Crippen molar-refractivity contribution in [1.82, 2.24) is 10.3 Å². The van der Waals surface area contributed by atoms with E-state index in [-0.39, 0.29) is 11.9 Å². The van der Waals surface area contributed by atoms with Gasteiger partial charge in [-0.2, -0.15) is 0 Å². The summed E-state index contributed by atoms with van der Waals surface area (Å²) in [6.45, 7) is 0.